The third-order valence-electron chi connectivity index (χ3n) is 4.36. The second-order valence-electron chi connectivity index (χ2n) is 7.03. The second kappa shape index (κ2) is 13.1. The van der Waals surface area contributed by atoms with Crippen molar-refractivity contribution in [1.82, 2.24) is 19.9 Å². The molecule has 168 valence electrons. The van der Waals surface area contributed by atoms with Crippen molar-refractivity contribution in [3.8, 4) is 11.5 Å². The van der Waals surface area contributed by atoms with Gasteiger partial charge in [-0.2, -0.15) is 0 Å². The van der Waals surface area contributed by atoms with E-state index in [2.05, 4.69) is 19.9 Å². The number of hydrogen-bond donors (Lipinski definition) is 2. The first-order valence-corrected chi connectivity index (χ1v) is 10.1. The summed E-state index contributed by atoms with van der Waals surface area (Å²) in [6.07, 6.45) is 11.1. The molecule has 0 aliphatic carbocycles. The Kier molecular flexibility index (Phi) is 9.89. The lowest BCUT2D eigenvalue weighted by Crippen LogP contribution is -1.81. The summed E-state index contributed by atoms with van der Waals surface area (Å²) in [5.41, 5.74) is 5.09. The Morgan fingerprint density at radius 1 is 0.697 bits per heavy atom. The van der Waals surface area contributed by atoms with Crippen molar-refractivity contribution in [1.29, 1.82) is 0 Å². The summed E-state index contributed by atoms with van der Waals surface area (Å²) >= 11 is 0. The number of aryl methyl sites for hydroxylation is 3. The van der Waals surface area contributed by atoms with Crippen LogP contribution in [0.15, 0.2) is 73.6 Å². The summed E-state index contributed by atoms with van der Waals surface area (Å²) in [6, 6.07) is 13.9. The summed E-state index contributed by atoms with van der Waals surface area (Å²) in [4.78, 5) is 25.7. The highest BCUT2D eigenvalue weighted by molar-refractivity contribution is 5.75. The minimum Gasteiger partial charge on any atom is -0.508 e. The maximum absolute atomic E-state index is 10.2. The number of carbonyl (C=O) groups is 1. The minimum absolute atomic E-state index is 0.227. The highest BCUT2D eigenvalue weighted by Gasteiger charge is 1.96. The van der Waals surface area contributed by atoms with Gasteiger partial charge < -0.3 is 10.2 Å². The Balaban J connectivity index is 0.000000193. The summed E-state index contributed by atoms with van der Waals surface area (Å²) in [7, 11) is 0. The first-order valence-electron chi connectivity index (χ1n) is 10.1. The van der Waals surface area contributed by atoms with Crippen molar-refractivity contribution in [3.05, 3.63) is 107 Å². The molecule has 0 bridgehead atoms. The fourth-order valence-electron chi connectivity index (χ4n) is 2.47. The number of phenols is 2. The van der Waals surface area contributed by atoms with Gasteiger partial charge in [-0.15, -0.1) is 0 Å². The molecule has 0 spiro atoms. The highest BCUT2D eigenvalue weighted by Crippen LogP contribution is 2.18. The van der Waals surface area contributed by atoms with E-state index in [1.807, 2.05) is 50.3 Å². The van der Waals surface area contributed by atoms with Crippen LogP contribution in [0.3, 0.4) is 0 Å². The van der Waals surface area contributed by atoms with Crippen LogP contribution in [0.25, 0.3) is 12.2 Å². The molecule has 0 saturated heterocycles. The molecule has 4 aromatic rings. The standard InChI is InChI=1S/C13H12N2O.C8H8O2.C5H6N2/c1-10-8-11(3-5-13(10)16)2-4-12-6-7-14-9-15-12;1-6-4-7(5-9)2-3-8(6)10;1-5-2-3-6-4-7-5/h2-9,16H,1H3;2-5,10H,1H3;2-4H,1H3/b4-2+;;. The molecule has 0 fully saturated rings. The molecule has 2 aromatic carbocycles. The van der Waals surface area contributed by atoms with Gasteiger partial charge in [-0.25, -0.2) is 19.9 Å². The third kappa shape index (κ3) is 9.10. The average Bonchev–Trinajstić information content (AvgIpc) is 2.83. The zero-order valence-corrected chi connectivity index (χ0v) is 18.8. The van der Waals surface area contributed by atoms with E-state index >= 15 is 0 Å². The van der Waals surface area contributed by atoms with E-state index in [0.29, 0.717) is 11.3 Å². The number of benzene rings is 2. The third-order valence-corrected chi connectivity index (χ3v) is 4.36. The van der Waals surface area contributed by atoms with Crippen LogP contribution < -0.4 is 0 Å². The van der Waals surface area contributed by atoms with E-state index in [4.69, 9.17) is 5.11 Å². The van der Waals surface area contributed by atoms with Crippen LogP contribution in [0, 0.1) is 20.8 Å². The van der Waals surface area contributed by atoms with Crippen molar-refractivity contribution in [2.45, 2.75) is 20.8 Å². The Morgan fingerprint density at radius 2 is 1.27 bits per heavy atom. The smallest absolute Gasteiger partial charge is 0.150 e. The van der Waals surface area contributed by atoms with Gasteiger partial charge in [0.15, 0.2) is 0 Å². The van der Waals surface area contributed by atoms with E-state index in [1.165, 1.54) is 18.7 Å². The van der Waals surface area contributed by atoms with E-state index < -0.39 is 0 Å². The van der Waals surface area contributed by atoms with Gasteiger partial charge in [-0.05, 0) is 86.0 Å². The molecular formula is C26H26N4O3. The second-order valence-corrected chi connectivity index (χ2v) is 7.03. The molecule has 0 aliphatic rings. The van der Waals surface area contributed by atoms with Gasteiger partial charge in [0.05, 0.1) is 5.69 Å². The van der Waals surface area contributed by atoms with Crippen LogP contribution in [0.1, 0.15) is 38.4 Å². The Labute approximate surface area is 193 Å². The number of hydrogen-bond acceptors (Lipinski definition) is 7. The first kappa shape index (κ1) is 24.9. The zero-order valence-electron chi connectivity index (χ0n) is 18.8. The molecule has 7 heteroatoms. The lowest BCUT2D eigenvalue weighted by molar-refractivity contribution is 0.112. The largest absolute Gasteiger partial charge is 0.508 e. The topological polar surface area (TPSA) is 109 Å². The molecule has 0 unspecified atom stereocenters. The Bertz CT molecular complexity index is 1180. The number of aromatic nitrogens is 4. The van der Waals surface area contributed by atoms with Crippen LogP contribution in [-0.2, 0) is 0 Å². The van der Waals surface area contributed by atoms with Crippen molar-refractivity contribution in [3.63, 3.8) is 0 Å². The van der Waals surface area contributed by atoms with Crippen LogP contribution in [-0.4, -0.2) is 36.4 Å². The Hall–Kier alpha value is -4.39. The predicted molar refractivity (Wildman–Crippen MR) is 129 cm³/mol. The predicted octanol–water partition coefficient (Wildman–Crippen LogP) is 4.96. The Morgan fingerprint density at radius 3 is 1.73 bits per heavy atom. The molecule has 2 N–H and O–H groups in total. The molecule has 0 amide bonds. The lowest BCUT2D eigenvalue weighted by atomic mass is 10.1. The van der Waals surface area contributed by atoms with Crippen molar-refractivity contribution in [2.24, 2.45) is 0 Å². The van der Waals surface area contributed by atoms with Crippen LogP contribution in [0.4, 0.5) is 0 Å². The van der Waals surface area contributed by atoms with Gasteiger partial charge in [-0.3, -0.25) is 4.79 Å². The molecule has 0 saturated carbocycles. The van der Waals surface area contributed by atoms with Gasteiger partial charge in [0.25, 0.3) is 0 Å². The zero-order chi connectivity index (χ0) is 24.1. The summed E-state index contributed by atoms with van der Waals surface area (Å²) in [5.74, 6) is 0.546. The van der Waals surface area contributed by atoms with Gasteiger partial charge in [0.1, 0.15) is 30.4 Å². The van der Waals surface area contributed by atoms with E-state index in [0.717, 1.165) is 34.4 Å². The molecule has 0 radical (unpaired) electrons. The number of carbonyl (C=O) groups excluding carboxylic acids is 1. The van der Waals surface area contributed by atoms with E-state index in [1.54, 1.807) is 37.5 Å². The van der Waals surface area contributed by atoms with Gasteiger partial charge in [0.2, 0.25) is 0 Å². The van der Waals surface area contributed by atoms with Crippen molar-refractivity contribution >= 4 is 18.4 Å². The maximum atomic E-state index is 10.2. The lowest BCUT2D eigenvalue weighted by Gasteiger charge is -1.99. The van der Waals surface area contributed by atoms with Crippen LogP contribution in [0.2, 0.25) is 0 Å². The molecule has 33 heavy (non-hydrogen) atoms. The van der Waals surface area contributed by atoms with Crippen LogP contribution in [0.5, 0.6) is 11.5 Å². The van der Waals surface area contributed by atoms with Gasteiger partial charge in [-0.1, -0.05) is 12.1 Å². The highest BCUT2D eigenvalue weighted by atomic mass is 16.3. The average molecular weight is 443 g/mol. The normalized spacial score (nSPS) is 9.91. The summed E-state index contributed by atoms with van der Waals surface area (Å²) in [5, 5.41) is 18.4. The van der Waals surface area contributed by atoms with Crippen molar-refractivity contribution < 1.29 is 15.0 Å². The monoisotopic (exact) mass is 442 g/mol. The number of aldehydes is 1. The van der Waals surface area contributed by atoms with Gasteiger partial charge >= 0.3 is 0 Å². The SMILES string of the molecule is Cc1cc(/C=C/c2ccncn2)ccc1O.Cc1cc(C=O)ccc1O.Cc1ccncn1. The number of nitrogens with zero attached hydrogens (tertiary/aromatic N) is 4. The van der Waals surface area contributed by atoms with E-state index in [-0.39, 0.29) is 5.75 Å². The number of phenolic OH excluding ortho intramolecular Hbond substituents is 2. The fraction of sp³-hybridized carbons (Fsp3) is 0.115. The molecule has 0 atom stereocenters. The molecule has 2 aromatic heterocycles. The number of aromatic hydroxyl groups is 2. The minimum atomic E-state index is 0.227. The first-order chi connectivity index (χ1) is 15.9. The number of rotatable bonds is 3. The van der Waals surface area contributed by atoms with Crippen LogP contribution >= 0.6 is 0 Å². The van der Waals surface area contributed by atoms with Gasteiger partial charge in [0, 0.05) is 23.7 Å². The van der Waals surface area contributed by atoms with Crippen molar-refractivity contribution in [2.75, 3.05) is 0 Å². The molecule has 7 nitrogen and oxygen atoms in total. The molecular weight excluding hydrogens is 416 g/mol. The fourth-order valence-corrected chi connectivity index (χ4v) is 2.47. The maximum Gasteiger partial charge on any atom is 0.150 e. The molecule has 2 heterocycles. The summed E-state index contributed by atoms with van der Waals surface area (Å²) in [6.45, 7) is 5.56. The summed E-state index contributed by atoms with van der Waals surface area (Å²) < 4.78 is 0. The molecule has 0 aliphatic heterocycles. The van der Waals surface area contributed by atoms with E-state index in [9.17, 15) is 9.90 Å². The molecule has 4 rings (SSSR count). The quantitative estimate of drug-likeness (QED) is 0.432.